The van der Waals surface area contributed by atoms with Gasteiger partial charge in [-0.2, -0.15) is 0 Å². The molecule has 0 aliphatic heterocycles. The predicted molar refractivity (Wildman–Crippen MR) is 131 cm³/mol. The number of ether oxygens (including phenoxy) is 4. The van der Waals surface area contributed by atoms with Crippen LogP contribution in [-0.2, 0) is 20.9 Å². The molecule has 0 saturated heterocycles. The van der Waals surface area contributed by atoms with Gasteiger partial charge in [0.15, 0.2) is 11.5 Å². The van der Waals surface area contributed by atoms with E-state index in [1.54, 1.807) is 27.9 Å². The Hall–Kier alpha value is -2.75. The molecule has 2 rings (SSSR count). The minimum atomic E-state index is -0.755. The number of nitrogens with one attached hydrogen (secondary N) is 1. The van der Waals surface area contributed by atoms with Crippen molar-refractivity contribution >= 4 is 40.7 Å². The molecule has 2 aromatic rings. The van der Waals surface area contributed by atoms with E-state index < -0.39 is 17.7 Å². The Balaban J connectivity index is 2.44. The van der Waals surface area contributed by atoms with Gasteiger partial charge in [0.25, 0.3) is 0 Å². The van der Waals surface area contributed by atoms with Crippen LogP contribution in [0.15, 0.2) is 42.1 Å². The van der Waals surface area contributed by atoms with Gasteiger partial charge in [0.1, 0.15) is 17.9 Å². The number of benzene rings is 2. The Bertz CT molecular complexity index is 996. The predicted octanol–water partition coefficient (Wildman–Crippen LogP) is 5.23. The molecule has 2 aromatic carbocycles. The van der Waals surface area contributed by atoms with Gasteiger partial charge in [-0.05, 0) is 79.1 Å². The van der Waals surface area contributed by atoms with E-state index in [1.165, 1.54) is 13.2 Å². The summed E-state index contributed by atoms with van der Waals surface area (Å²) in [4.78, 5) is 24.5. The highest BCUT2D eigenvalue weighted by atomic mass is 127. The molecule has 1 N–H and O–H groups in total. The first-order valence-corrected chi connectivity index (χ1v) is 11.0. The average molecular weight is 553 g/mol. The third-order valence-electron chi connectivity index (χ3n) is 4.16. The Kier molecular flexibility index (Phi) is 8.94. The fourth-order valence-electron chi connectivity index (χ4n) is 2.81. The second kappa shape index (κ2) is 11.2. The molecule has 0 radical (unpaired) electrons. The van der Waals surface area contributed by atoms with E-state index in [4.69, 9.17) is 18.9 Å². The number of hydrogen-bond acceptors (Lipinski definition) is 6. The first-order chi connectivity index (χ1) is 15.1. The van der Waals surface area contributed by atoms with Gasteiger partial charge >= 0.3 is 12.1 Å². The summed E-state index contributed by atoms with van der Waals surface area (Å²) in [6, 6.07) is 11.6. The van der Waals surface area contributed by atoms with Crippen molar-refractivity contribution in [3.8, 4) is 11.5 Å². The summed E-state index contributed by atoms with van der Waals surface area (Å²) >= 11 is 2.13. The van der Waals surface area contributed by atoms with Crippen LogP contribution in [0.4, 0.5) is 4.79 Å². The van der Waals surface area contributed by atoms with Crippen molar-refractivity contribution in [3.05, 3.63) is 62.4 Å². The van der Waals surface area contributed by atoms with Crippen molar-refractivity contribution in [1.29, 1.82) is 0 Å². The fraction of sp³-hybridized carbons (Fsp3) is 0.333. The Morgan fingerprint density at radius 3 is 2.31 bits per heavy atom. The van der Waals surface area contributed by atoms with Crippen molar-refractivity contribution in [1.82, 2.24) is 5.32 Å². The number of methoxy groups -OCH3 is 2. The van der Waals surface area contributed by atoms with Gasteiger partial charge in [-0.1, -0.05) is 30.3 Å². The molecule has 8 heteroatoms. The average Bonchev–Trinajstić information content (AvgIpc) is 2.73. The molecule has 1 amide bonds. The van der Waals surface area contributed by atoms with Crippen LogP contribution in [-0.4, -0.2) is 31.9 Å². The summed E-state index contributed by atoms with van der Waals surface area (Å²) in [6.07, 6.45) is 0.772. The monoisotopic (exact) mass is 553 g/mol. The number of hydrogen-bond donors (Lipinski definition) is 1. The zero-order valence-corrected chi connectivity index (χ0v) is 21.2. The SMILES string of the molecule is COC(=O)C(=Cc1cc(C)c(OC)c(OCc2ccccc2)c1I)NC(=O)OC(C)(C)C. The van der Waals surface area contributed by atoms with Gasteiger partial charge in [0.05, 0.1) is 17.8 Å². The highest BCUT2D eigenvalue weighted by molar-refractivity contribution is 14.1. The number of amides is 1. The molecule has 0 bridgehead atoms. The molecule has 0 saturated carbocycles. The zero-order valence-electron chi connectivity index (χ0n) is 19.1. The highest BCUT2D eigenvalue weighted by Crippen LogP contribution is 2.39. The van der Waals surface area contributed by atoms with Gasteiger partial charge in [0.2, 0.25) is 0 Å². The van der Waals surface area contributed by atoms with Crippen molar-refractivity contribution in [2.24, 2.45) is 0 Å². The van der Waals surface area contributed by atoms with Crippen molar-refractivity contribution in [2.45, 2.75) is 39.9 Å². The molecule has 0 heterocycles. The molecular weight excluding hydrogens is 525 g/mol. The number of aryl methyl sites for hydroxylation is 1. The van der Waals surface area contributed by atoms with Crippen molar-refractivity contribution < 1.29 is 28.5 Å². The summed E-state index contributed by atoms with van der Waals surface area (Å²) in [6.45, 7) is 7.43. The number of carbonyl (C=O) groups excluding carboxylic acids is 2. The lowest BCUT2D eigenvalue weighted by atomic mass is 10.1. The molecule has 0 unspecified atom stereocenters. The fourth-order valence-corrected chi connectivity index (χ4v) is 3.53. The van der Waals surface area contributed by atoms with Crippen LogP contribution in [0, 0.1) is 10.5 Å². The Morgan fingerprint density at radius 2 is 1.75 bits per heavy atom. The molecular formula is C24H28INO6. The summed E-state index contributed by atoms with van der Waals surface area (Å²) in [5.41, 5.74) is 1.70. The normalized spacial score (nSPS) is 11.5. The highest BCUT2D eigenvalue weighted by Gasteiger charge is 2.22. The lowest BCUT2D eigenvalue weighted by Gasteiger charge is -2.20. The van der Waals surface area contributed by atoms with E-state index in [1.807, 2.05) is 43.3 Å². The minimum absolute atomic E-state index is 0.0572. The molecule has 0 aliphatic rings. The number of esters is 1. The number of halogens is 1. The Labute approximate surface area is 202 Å². The lowest BCUT2D eigenvalue weighted by Crippen LogP contribution is -2.34. The first-order valence-electron chi connectivity index (χ1n) is 9.89. The second-order valence-corrected chi connectivity index (χ2v) is 8.99. The number of rotatable bonds is 7. The summed E-state index contributed by atoms with van der Waals surface area (Å²) in [5, 5.41) is 2.48. The van der Waals surface area contributed by atoms with Crippen LogP contribution in [0.25, 0.3) is 6.08 Å². The van der Waals surface area contributed by atoms with E-state index in [0.717, 1.165) is 11.1 Å². The van der Waals surface area contributed by atoms with E-state index in [2.05, 4.69) is 27.9 Å². The maximum Gasteiger partial charge on any atom is 0.412 e. The Morgan fingerprint density at radius 1 is 1.09 bits per heavy atom. The summed E-state index contributed by atoms with van der Waals surface area (Å²) in [5.74, 6) is 0.443. The largest absolute Gasteiger partial charge is 0.493 e. The van der Waals surface area contributed by atoms with E-state index in [9.17, 15) is 9.59 Å². The lowest BCUT2D eigenvalue weighted by molar-refractivity contribution is -0.136. The maximum absolute atomic E-state index is 12.3. The van der Waals surface area contributed by atoms with Crippen LogP contribution < -0.4 is 14.8 Å². The van der Waals surface area contributed by atoms with Gasteiger partial charge in [-0.3, -0.25) is 5.32 Å². The number of alkyl carbamates (subject to hydrolysis) is 1. The third kappa shape index (κ3) is 7.15. The van der Waals surface area contributed by atoms with Crippen molar-refractivity contribution in [2.75, 3.05) is 14.2 Å². The summed E-state index contributed by atoms with van der Waals surface area (Å²) < 4.78 is 22.5. The third-order valence-corrected chi connectivity index (χ3v) is 5.27. The molecule has 0 aromatic heterocycles. The molecule has 0 atom stereocenters. The van der Waals surface area contributed by atoms with E-state index >= 15 is 0 Å². The van der Waals surface area contributed by atoms with Crippen molar-refractivity contribution in [3.63, 3.8) is 0 Å². The van der Waals surface area contributed by atoms with Crippen LogP contribution in [0.5, 0.6) is 11.5 Å². The first kappa shape index (κ1) is 25.5. The molecule has 0 aliphatic carbocycles. The van der Waals surface area contributed by atoms with Crippen LogP contribution >= 0.6 is 22.6 Å². The van der Waals surface area contributed by atoms with Gasteiger partial charge in [-0.25, -0.2) is 9.59 Å². The van der Waals surface area contributed by atoms with Crippen LogP contribution in [0.1, 0.15) is 37.5 Å². The smallest absolute Gasteiger partial charge is 0.412 e. The molecule has 0 spiro atoms. The van der Waals surface area contributed by atoms with E-state index in [-0.39, 0.29) is 5.70 Å². The quantitative estimate of drug-likeness (QED) is 0.288. The minimum Gasteiger partial charge on any atom is -0.493 e. The second-order valence-electron chi connectivity index (χ2n) is 7.91. The van der Waals surface area contributed by atoms with Gasteiger partial charge in [-0.15, -0.1) is 0 Å². The van der Waals surface area contributed by atoms with Crippen LogP contribution in [0.2, 0.25) is 0 Å². The maximum atomic E-state index is 12.3. The molecule has 7 nitrogen and oxygen atoms in total. The van der Waals surface area contributed by atoms with E-state index in [0.29, 0.717) is 27.2 Å². The molecule has 172 valence electrons. The van der Waals surface area contributed by atoms with Gasteiger partial charge < -0.3 is 18.9 Å². The zero-order chi connectivity index (χ0) is 23.9. The number of carbonyl (C=O) groups is 2. The molecule has 32 heavy (non-hydrogen) atoms. The standard InChI is InChI=1S/C24H28INO6/c1-15-12-17(13-18(22(27)30-6)26-23(28)32-24(2,3)4)19(25)21(20(15)29-5)31-14-16-10-8-7-9-11-16/h7-13H,14H2,1-6H3,(H,26,28). The summed E-state index contributed by atoms with van der Waals surface area (Å²) in [7, 11) is 2.82. The topological polar surface area (TPSA) is 83.1 Å². The molecule has 0 fully saturated rings. The van der Waals surface area contributed by atoms with Crippen LogP contribution in [0.3, 0.4) is 0 Å². The van der Waals surface area contributed by atoms with Gasteiger partial charge in [0, 0.05) is 0 Å².